The molecule has 0 bridgehead atoms. The van der Waals surface area contributed by atoms with Gasteiger partial charge in [0, 0.05) is 18.1 Å². The Morgan fingerprint density at radius 3 is 2.33 bits per heavy atom. The minimum absolute atomic E-state index is 0. The average molecular weight is 415 g/mol. The molecule has 0 radical (unpaired) electrons. The number of nitrogens with zero attached hydrogens (tertiary/aromatic N) is 3. The van der Waals surface area contributed by atoms with Crippen LogP contribution in [0.25, 0.3) is 11.0 Å². The van der Waals surface area contributed by atoms with E-state index in [-0.39, 0.29) is 41.6 Å². The maximum Gasteiger partial charge on any atom is 0.333 e. The third-order valence-corrected chi connectivity index (χ3v) is 6.63. The molecule has 9 heteroatoms. The van der Waals surface area contributed by atoms with Crippen LogP contribution in [0, 0.1) is 5.82 Å². The van der Waals surface area contributed by atoms with Crippen LogP contribution in [0.1, 0.15) is 50.6 Å². The molecule has 0 atom stereocenters. The van der Waals surface area contributed by atoms with E-state index < -0.39 is 11.4 Å². The fourth-order valence-electron chi connectivity index (χ4n) is 4.16. The van der Waals surface area contributed by atoms with Crippen molar-refractivity contribution in [2.24, 2.45) is 5.73 Å². The van der Waals surface area contributed by atoms with E-state index in [1.54, 1.807) is 4.57 Å². The second kappa shape index (κ2) is 8.32. The first-order chi connectivity index (χ1) is 12.6. The first-order valence-corrected chi connectivity index (χ1v) is 10.4. The van der Waals surface area contributed by atoms with Crippen molar-refractivity contribution in [2.75, 3.05) is 11.5 Å². The Morgan fingerprint density at radius 2 is 1.67 bits per heavy atom. The van der Waals surface area contributed by atoms with Gasteiger partial charge in [0.2, 0.25) is 0 Å². The summed E-state index contributed by atoms with van der Waals surface area (Å²) in [5.41, 5.74) is 5.55. The quantitative estimate of drug-likeness (QED) is 0.816. The molecule has 4 rings (SSSR count). The molecular weight excluding hydrogens is 391 g/mol. The summed E-state index contributed by atoms with van der Waals surface area (Å²) in [7, 11) is 0. The molecule has 1 aliphatic heterocycles. The number of fused-ring (bicyclic) bond motifs is 1. The number of pyridine rings is 1. The van der Waals surface area contributed by atoms with Crippen LogP contribution in [0.3, 0.4) is 0 Å². The molecule has 3 heterocycles. The zero-order chi connectivity index (χ0) is 18.3. The summed E-state index contributed by atoms with van der Waals surface area (Å²) in [6.07, 6.45) is 5.76. The van der Waals surface area contributed by atoms with E-state index in [1.807, 2.05) is 11.8 Å². The fourth-order valence-corrected chi connectivity index (χ4v) is 5.24. The van der Waals surface area contributed by atoms with Crippen LogP contribution in [-0.2, 0) is 0 Å². The Bertz CT molecular complexity index is 933. The Labute approximate surface area is 166 Å². The van der Waals surface area contributed by atoms with Gasteiger partial charge >= 0.3 is 5.69 Å². The van der Waals surface area contributed by atoms with Gasteiger partial charge in [-0.05, 0) is 56.1 Å². The molecule has 2 N–H and O–H groups in total. The van der Waals surface area contributed by atoms with E-state index in [9.17, 15) is 14.0 Å². The molecule has 148 valence electrons. The maximum atomic E-state index is 13.8. The summed E-state index contributed by atoms with van der Waals surface area (Å²) in [6, 6.07) is 1.16. The predicted molar refractivity (Wildman–Crippen MR) is 109 cm³/mol. The first-order valence-electron chi connectivity index (χ1n) is 9.22. The Hall–Kier alpha value is -1.38. The van der Waals surface area contributed by atoms with E-state index >= 15 is 0 Å². The van der Waals surface area contributed by atoms with Crippen molar-refractivity contribution < 1.29 is 4.39 Å². The lowest BCUT2D eigenvalue weighted by molar-refractivity contribution is 0.301. The monoisotopic (exact) mass is 414 g/mol. The van der Waals surface area contributed by atoms with Gasteiger partial charge in [-0.2, -0.15) is 11.8 Å². The van der Waals surface area contributed by atoms with Crippen molar-refractivity contribution >= 4 is 35.2 Å². The molecule has 2 aromatic heterocycles. The minimum Gasteiger partial charge on any atom is -0.328 e. The van der Waals surface area contributed by atoms with Crippen LogP contribution in [-0.4, -0.2) is 31.7 Å². The molecule has 1 aliphatic carbocycles. The number of thioether (sulfide) groups is 1. The highest BCUT2D eigenvalue weighted by Gasteiger charge is 2.28. The molecular formula is C18H24ClFN4O2S. The Morgan fingerprint density at radius 1 is 1.04 bits per heavy atom. The molecule has 0 spiro atoms. The van der Waals surface area contributed by atoms with Gasteiger partial charge in [0.15, 0.2) is 0 Å². The predicted octanol–water partition coefficient (Wildman–Crippen LogP) is 2.63. The van der Waals surface area contributed by atoms with Crippen LogP contribution in [0.15, 0.2) is 21.9 Å². The third kappa shape index (κ3) is 3.79. The van der Waals surface area contributed by atoms with E-state index in [2.05, 4.69) is 4.98 Å². The summed E-state index contributed by atoms with van der Waals surface area (Å²) in [4.78, 5) is 30.5. The van der Waals surface area contributed by atoms with Gasteiger partial charge in [0.05, 0.1) is 11.6 Å². The van der Waals surface area contributed by atoms with E-state index in [0.29, 0.717) is 18.5 Å². The van der Waals surface area contributed by atoms with Crippen molar-refractivity contribution in [3.8, 4) is 0 Å². The third-order valence-electron chi connectivity index (χ3n) is 5.59. The summed E-state index contributed by atoms with van der Waals surface area (Å²) in [5.74, 6) is 1.38. The van der Waals surface area contributed by atoms with Crippen molar-refractivity contribution in [1.82, 2.24) is 14.1 Å². The molecule has 27 heavy (non-hydrogen) atoms. The van der Waals surface area contributed by atoms with Gasteiger partial charge in [-0.1, -0.05) is 0 Å². The smallest absolute Gasteiger partial charge is 0.328 e. The average Bonchev–Trinajstić information content (AvgIpc) is 2.65. The van der Waals surface area contributed by atoms with E-state index in [4.69, 9.17) is 5.73 Å². The fraction of sp³-hybridized carbons (Fsp3) is 0.611. The van der Waals surface area contributed by atoms with Crippen LogP contribution in [0.4, 0.5) is 4.39 Å². The highest BCUT2D eigenvalue weighted by atomic mass is 35.5. The first kappa shape index (κ1) is 20.4. The van der Waals surface area contributed by atoms with Crippen molar-refractivity contribution in [3.05, 3.63) is 38.9 Å². The lowest BCUT2D eigenvalue weighted by atomic mass is 9.91. The van der Waals surface area contributed by atoms with Crippen LogP contribution < -0.4 is 17.0 Å². The number of hydrogen-bond donors (Lipinski definition) is 1. The van der Waals surface area contributed by atoms with Gasteiger partial charge in [-0.15, -0.1) is 12.4 Å². The molecule has 0 unspecified atom stereocenters. The van der Waals surface area contributed by atoms with Crippen molar-refractivity contribution in [2.45, 2.75) is 56.7 Å². The molecule has 0 aromatic carbocycles. The van der Waals surface area contributed by atoms with E-state index in [1.165, 1.54) is 10.6 Å². The molecule has 2 aliphatic rings. The summed E-state index contributed by atoms with van der Waals surface area (Å²) >= 11 is 1.86. The molecule has 2 aromatic rings. The highest BCUT2D eigenvalue weighted by molar-refractivity contribution is 7.99. The maximum absolute atomic E-state index is 13.8. The van der Waals surface area contributed by atoms with E-state index in [0.717, 1.165) is 43.4 Å². The summed E-state index contributed by atoms with van der Waals surface area (Å²) in [6.45, 7) is 0. The van der Waals surface area contributed by atoms with Gasteiger partial charge in [0.1, 0.15) is 11.5 Å². The number of rotatable bonds is 2. The number of hydrogen-bond acceptors (Lipinski definition) is 5. The van der Waals surface area contributed by atoms with Crippen LogP contribution >= 0.6 is 24.2 Å². The van der Waals surface area contributed by atoms with Crippen molar-refractivity contribution in [3.63, 3.8) is 0 Å². The second-order valence-electron chi connectivity index (χ2n) is 7.26. The highest BCUT2D eigenvalue weighted by Crippen LogP contribution is 2.29. The zero-order valence-electron chi connectivity index (χ0n) is 15.0. The van der Waals surface area contributed by atoms with Crippen LogP contribution in [0.5, 0.6) is 0 Å². The molecule has 0 amide bonds. The number of nitrogens with two attached hydrogens (primary N) is 1. The van der Waals surface area contributed by atoms with Gasteiger partial charge in [-0.3, -0.25) is 13.9 Å². The molecule has 6 nitrogen and oxygen atoms in total. The number of halogens is 2. The Balaban J connectivity index is 0.00000210. The normalized spacial score (nSPS) is 23.9. The second-order valence-corrected chi connectivity index (χ2v) is 8.49. The van der Waals surface area contributed by atoms with Gasteiger partial charge in [0.25, 0.3) is 5.56 Å². The largest absolute Gasteiger partial charge is 0.333 e. The van der Waals surface area contributed by atoms with Gasteiger partial charge in [-0.25, -0.2) is 14.2 Å². The molecule has 1 saturated carbocycles. The molecule has 2 fully saturated rings. The zero-order valence-corrected chi connectivity index (χ0v) is 16.6. The lowest BCUT2D eigenvalue weighted by Gasteiger charge is -2.30. The standard InChI is InChI=1S/C18H23FN4O2S.ClH/c19-11-9-15-16(21-10-11)22(14-5-7-26-8-6-14)18(25)23(17(15)24)13-3-1-12(20)2-4-13;/h9-10,12-14H,1-8,20H2;1H. The number of aromatic nitrogens is 3. The lowest BCUT2D eigenvalue weighted by Crippen LogP contribution is -2.45. The summed E-state index contributed by atoms with van der Waals surface area (Å²) in [5, 5.41) is 0.192. The summed E-state index contributed by atoms with van der Waals surface area (Å²) < 4.78 is 16.8. The minimum atomic E-state index is -0.559. The topological polar surface area (TPSA) is 82.9 Å². The van der Waals surface area contributed by atoms with Gasteiger partial charge < -0.3 is 5.73 Å². The molecule has 1 saturated heterocycles. The van der Waals surface area contributed by atoms with Crippen molar-refractivity contribution in [1.29, 1.82) is 0 Å². The Kier molecular flexibility index (Phi) is 6.28. The SMILES string of the molecule is Cl.NC1CCC(n2c(=O)c3cc(F)cnc3n(C3CCSCC3)c2=O)CC1. The van der Waals surface area contributed by atoms with Crippen LogP contribution in [0.2, 0.25) is 0 Å².